The van der Waals surface area contributed by atoms with Gasteiger partial charge in [-0.3, -0.25) is 9.35 Å². The van der Waals surface area contributed by atoms with Crippen LogP contribution in [0.15, 0.2) is 0 Å². The van der Waals surface area contributed by atoms with Crippen LogP contribution >= 0.6 is 0 Å². The van der Waals surface area contributed by atoms with Crippen LogP contribution in [0.5, 0.6) is 0 Å². The summed E-state index contributed by atoms with van der Waals surface area (Å²) in [5.74, 6) is -4.65. The molecule has 5 nitrogen and oxygen atoms in total. The molecule has 2 aliphatic rings. The number of carbonyl (C=O) groups is 1. The van der Waals surface area contributed by atoms with Crippen LogP contribution in [0.4, 0.5) is 26.3 Å². The lowest BCUT2D eigenvalue weighted by molar-refractivity contribution is -0.361. The van der Waals surface area contributed by atoms with Crippen molar-refractivity contribution in [1.82, 2.24) is 0 Å². The van der Waals surface area contributed by atoms with Crippen LogP contribution < -0.4 is 0 Å². The molecule has 2 unspecified atom stereocenters. The second kappa shape index (κ2) is 6.29. The normalized spacial score (nSPS) is 27.6. The highest BCUT2D eigenvalue weighted by Crippen LogP contribution is 2.51. The van der Waals surface area contributed by atoms with Gasteiger partial charge in [0.05, 0.1) is 0 Å². The van der Waals surface area contributed by atoms with E-state index in [0.717, 1.165) is 19.3 Å². The van der Waals surface area contributed by atoms with Gasteiger partial charge in [-0.15, -0.1) is 0 Å². The molecule has 0 aliphatic heterocycles. The minimum absolute atomic E-state index is 0.0466. The lowest BCUT2D eigenvalue weighted by Crippen LogP contribution is -2.63. The predicted octanol–water partition coefficient (Wildman–Crippen LogP) is 3.11. The van der Waals surface area contributed by atoms with Crippen molar-refractivity contribution in [2.75, 3.05) is 5.75 Å². The first-order chi connectivity index (χ1) is 11.1. The van der Waals surface area contributed by atoms with Crippen molar-refractivity contribution in [2.24, 2.45) is 17.8 Å². The molecular formula is C13H16F6O5S. The van der Waals surface area contributed by atoms with Crippen LogP contribution in [0.3, 0.4) is 0 Å². The minimum Gasteiger partial charge on any atom is -0.438 e. The molecule has 0 aromatic heterocycles. The largest absolute Gasteiger partial charge is 0.438 e. The van der Waals surface area contributed by atoms with E-state index in [-0.39, 0.29) is 11.8 Å². The Morgan fingerprint density at radius 3 is 1.96 bits per heavy atom. The van der Waals surface area contributed by atoms with E-state index in [0.29, 0.717) is 12.3 Å². The maximum atomic E-state index is 13.1. The molecule has 0 aromatic rings. The number of esters is 1. The summed E-state index contributed by atoms with van der Waals surface area (Å²) in [5.41, 5.74) is -5.30. The molecule has 1 N–H and O–H groups in total. The van der Waals surface area contributed by atoms with Gasteiger partial charge in [-0.1, -0.05) is 6.42 Å². The van der Waals surface area contributed by atoms with Gasteiger partial charge in [-0.25, -0.2) is 0 Å². The zero-order valence-corrected chi connectivity index (χ0v) is 13.5. The van der Waals surface area contributed by atoms with Crippen molar-refractivity contribution in [3.8, 4) is 0 Å². The average molecular weight is 398 g/mol. The molecule has 0 saturated heterocycles. The molecule has 3 atom stereocenters. The van der Waals surface area contributed by atoms with Gasteiger partial charge in [0.25, 0.3) is 10.1 Å². The minimum atomic E-state index is -6.27. The highest BCUT2D eigenvalue weighted by molar-refractivity contribution is 7.85. The first-order valence-electron chi connectivity index (χ1n) is 7.45. The van der Waals surface area contributed by atoms with Crippen molar-refractivity contribution in [3.05, 3.63) is 0 Å². The molecule has 0 amide bonds. The molecule has 2 bridgehead atoms. The van der Waals surface area contributed by atoms with E-state index < -0.39 is 46.2 Å². The highest BCUT2D eigenvalue weighted by Gasteiger charge is 2.76. The van der Waals surface area contributed by atoms with Crippen LogP contribution in [0, 0.1) is 17.8 Å². The summed E-state index contributed by atoms with van der Waals surface area (Å²) in [7, 11) is -5.75. The molecule has 146 valence electrons. The topological polar surface area (TPSA) is 80.7 Å². The van der Waals surface area contributed by atoms with Gasteiger partial charge in [0, 0.05) is 6.42 Å². The Morgan fingerprint density at radius 1 is 1.04 bits per heavy atom. The number of alkyl halides is 6. The molecule has 2 saturated carbocycles. The fourth-order valence-corrected chi connectivity index (χ4v) is 4.70. The summed E-state index contributed by atoms with van der Waals surface area (Å²) in [6, 6.07) is 0. The van der Waals surface area contributed by atoms with E-state index in [4.69, 9.17) is 4.55 Å². The molecule has 2 fully saturated rings. The van der Waals surface area contributed by atoms with Gasteiger partial charge in [-0.2, -0.15) is 34.8 Å². The fraction of sp³-hybridized carbons (Fsp3) is 0.923. The summed E-state index contributed by atoms with van der Waals surface area (Å²) < 4.78 is 112. The van der Waals surface area contributed by atoms with E-state index in [9.17, 15) is 39.6 Å². The highest BCUT2D eigenvalue weighted by atomic mass is 32.2. The summed E-state index contributed by atoms with van der Waals surface area (Å²) in [5, 5.41) is 0. The third-order valence-electron chi connectivity index (χ3n) is 4.90. The molecule has 2 aliphatic carbocycles. The van der Waals surface area contributed by atoms with Gasteiger partial charge in [0.2, 0.25) is 0 Å². The van der Waals surface area contributed by atoms with Crippen LogP contribution in [0.1, 0.15) is 32.1 Å². The van der Waals surface area contributed by atoms with Gasteiger partial charge in [0.15, 0.2) is 0 Å². The quantitative estimate of drug-likeness (QED) is 0.437. The van der Waals surface area contributed by atoms with Gasteiger partial charge in [-0.05, 0) is 37.0 Å². The second-order valence-electron chi connectivity index (χ2n) is 6.66. The standard InChI is InChI=1S/C13H16F6O5S/c14-12(15,16)11(13(17,18)19,6-25(21,22)23)24-10(20)5-9-4-7-1-2-8(9)3-7/h7-9H,1-6H2,(H,21,22,23)/t7?,8-,9?/m1/s1. The Hall–Kier alpha value is -1.04. The first-order valence-corrected chi connectivity index (χ1v) is 9.06. The zero-order valence-electron chi connectivity index (χ0n) is 12.7. The fourth-order valence-electron chi connectivity index (χ4n) is 3.80. The molecule has 2 rings (SSSR count). The van der Waals surface area contributed by atoms with Crippen LogP contribution in [-0.2, 0) is 19.6 Å². The lowest BCUT2D eigenvalue weighted by atomic mass is 9.86. The summed E-state index contributed by atoms with van der Waals surface area (Å²) >= 11 is 0. The molecular weight excluding hydrogens is 382 g/mol. The number of carbonyl (C=O) groups excluding carboxylic acids is 1. The third-order valence-corrected chi connectivity index (χ3v) is 5.67. The van der Waals surface area contributed by atoms with Crippen LogP contribution in [-0.4, -0.2) is 42.6 Å². The first kappa shape index (κ1) is 20.3. The van der Waals surface area contributed by atoms with Gasteiger partial charge >= 0.3 is 23.9 Å². The number of fused-ring (bicyclic) bond motifs is 2. The van der Waals surface area contributed by atoms with Crippen molar-refractivity contribution in [3.63, 3.8) is 0 Å². The Kier molecular flexibility index (Phi) is 5.10. The Bertz CT molecular complexity index is 612. The maximum absolute atomic E-state index is 13.1. The smallest absolute Gasteiger partial charge is 0.438 e. The number of rotatable bonds is 5. The zero-order chi connectivity index (χ0) is 19.3. The van der Waals surface area contributed by atoms with Crippen molar-refractivity contribution in [1.29, 1.82) is 0 Å². The molecule has 25 heavy (non-hydrogen) atoms. The Labute approximate surface area is 139 Å². The molecule has 0 aromatic carbocycles. The second-order valence-corrected chi connectivity index (χ2v) is 8.11. The monoisotopic (exact) mass is 398 g/mol. The third kappa shape index (κ3) is 4.21. The Balaban J connectivity index is 2.24. The predicted molar refractivity (Wildman–Crippen MR) is 70.9 cm³/mol. The summed E-state index contributed by atoms with van der Waals surface area (Å²) in [6.45, 7) is 0. The van der Waals surface area contributed by atoms with E-state index in [1.54, 1.807) is 0 Å². The van der Waals surface area contributed by atoms with E-state index in [1.807, 2.05) is 0 Å². The SMILES string of the molecule is O=C(CC1CC2CC[C@@H]1C2)OC(CS(=O)(=O)O)(C(F)(F)F)C(F)(F)F. The lowest BCUT2D eigenvalue weighted by Gasteiger charge is -2.36. The van der Waals surface area contributed by atoms with Gasteiger partial charge in [0.1, 0.15) is 5.75 Å². The molecule has 0 radical (unpaired) electrons. The van der Waals surface area contributed by atoms with E-state index in [2.05, 4.69) is 4.74 Å². The summed E-state index contributed by atoms with van der Waals surface area (Å²) in [6.07, 6.45) is -10.3. The Morgan fingerprint density at radius 2 is 1.60 bits per heavy atom. The van der Waals surface area contributed by atoms with Crippen molar-refractivity contribution in [2.45, 2.75) is 50.1 Å². The van der Waals surface area contributed by atoms with Crippen LogP contribution in [0.25, 0.3) is 0 Å². The van der Waals surface area contributed by atoms with Crippen molar-refractivity contribution >= 4 is 16.1 Å². The number of hydrogen-bond donors (Lipinski definition) is 1. The summed E-state index contributed by atoms with van der Waals surface area (Å²) in [4.78, 5) is 11.8. The number of halogens is 6. The van der Waals surface area contributed by atoms with Crippen LogP contribution in [0.2, 0.25) is 0 Å². The molecule has 0 heterocycles. The number of ether oxygens (including phenoxy) is 1. The molecule has 0 spiro atoms. The average Bonchev–Trinajstić information content (AvgIpc) is 2.95. The van der Waals surface area contributed by atoms with Gasteiger partial charge < -0.3 is 4.74 Å². The maximum Gasteiger partial charge on any atom is 0.438 e. The number of hydrogen-bond acceptors (Lipinski definition) is 4. The van der Waals surface area contributed by atoms with Crippen molar-refractivity contribution < 1.29 is 48.8 Å². The van der Waals surface area contributed by atoms with E-state index >= 15 is 0 Å². The van der Waals surface area contributed by atoms with E-state index in [1.165, 1.54) is 0 Å². The molecule has 12 heteroatoms.